The van der Waals surface area contributed by atoms with Gasteiger partial charge < -0.3 is 65.8 Å². The molecule has 3 aromatic rings. The first-order valence-electron chi connectivity index (χ1n) is 26.9. The molecule has 3 atom stereocenters. The van der Waals surface area contributed by atoms with Crippen LogP contribution < -0.4 is 41.8 Å². The molecule has 23 nitrogen and oxygen atoms in total. The second-order valence-electron chi connectivity index (χ2n) is 21.8. The minimum atomic E-state index is -5.13. The lowest BCUT2D eigenvalue weighted by Crippen LogP contribution is -2.36. The number of nitrogens with two attached hydrogens (primary N) is 1. The van der Waals surface area contributed by atoms with Gasteiger partial charge in [-0.05, 0) is 104 Å². The lowest BCUT2D eigenvalue weighted by Gasteiger charge is -2.25. The summed E-state index contributed by atoms with van der Waals surface area (Å²) in [7, 11) is 0. The molecule has 2 aliphatic heterocycles. The molecule has 2 aliphatic rings. The molecule has 2 saturated heterocycles. The zero-order chi connectivity index (χ0) is 62.2. The molecule has 5 rings (SSSR count). The van der Waals surface area contributed by atoms with E-state index in [9.17, 15) is 59.9 Å². The van der Waals surface area contributed by atoms with Crippen molar-refractivity contribution in [1.82, 2.24) is 15.1 Å². The zero-order valence-electron chi connectivity index (χ0n) is 47.3. The van der Waals surface area contributed by atoms with Crippen molar-refractivity contribution in [3.8, 4) is 11.5 Å². The third kappa shape index (κ3) is 21.2. The molecule has 460 valence electrons. The number of benzene rings is 3. The third-order valence-corrected chi connectivity index (χ3v) is 12.3. The van der Waals surface area contributed by atoms with Crippen LogP contribution >= 0.6 is 0 Å². The molecule has 0 aromatic heterocycles. The average molecular weight is 1190 g/mol. The number of unbranched alkanes of at least 4 members (excludes halogenated alkanes) is 2. The molecular formula is C55H71F6N11O12. The van der Waals surface area contributed by atoms with Crippen LogP contribution in [-0.2, 0) is 52.3 Å². The minimum absolute atomic E-state index is 0.00573. The van der Waals surface area contributed by atoms with Crippen molar-refractivity contribution >= 4 is 70.4 Å². The van der Waals surface area contributed by atoms with E-state index in [1.165, 1.54) is 9.80 Å². The number of nitrogens with one attached hydrogen (secondary N) is 7. The monoisotopic (exact) mass is 1190 g/mol. The van der Waals surface area contributed by atoms with Crippen molar-refractivity contribution < 1.29 is 83.6 Å². The molecular weight excluding hydrogens is 1120 g/mol. The van der Waals surface area contributed by atoms with Crippen molar-refractivity contribution in [1.29, 1.82) is 10.9 Å². The molecule has 0 bridgehead atoms. The van der Waals surface area contributed by atoms with Gasteiger partial charge in [0, 0.05) is 51.7 Å². The van der Waals surface area contributed by atoms with Gasteiger partial charge in [0.05, 0.1) is 52.7 Å². The number of alkyl halides is 6. The SMILES string of the molecule is CC(C)(C)OC(=O)N1CCC(Oc2c(NC(=O)CCCCNC(=O)OCc3ccccc3)cc(C(F)(F)F)cc2NC(=O)C(=N)CC(N=N)C(=O)Nc2cc(C(F)(F)F)cc(NC(=O)CCCCN)c2OC2CCN(C(=O)OC(C)(C)C)C2)C1. The Balaban J connectivity index is 1.40. The molecule has 0 aliphatic carbocycles. The summed E-state index contributed by atoms with van der Waals surface area (Å²) in [4.78, 5) is 95.1. The molecule has 2 heterocycles. The summed E-state index contributed by atoms with van der Waals surface area (Å²) in [5.41, 5.74) is 5.92. The lowest BCUT2D eigenvalue weighted by molar-refractivity contribution is -0.138. The standard InChI is InChI=1S/C55H71F6N11O12/c1-52(2,3)83-50(78)71-22-18-35(29-71)81-45-38(67-44(74)17-11-13-21-65-49(77)80-31-32-14-8-7-9-15-32)24-33(54(56,57)58)26-40(45)68-47(75)37(63)28-42(70-64)48(76)69-41-27-34(55(59,60)61)25-39(66-43(73)16-10-12-20-62)46(41)82-36-19-23-72(30-36)51(79)84-53(4,5)6/h7-9,14-15,24-27,35-36,42,63-64H,10-13,16-23,28-31,62H2,1-6H3,(H,65,77)(H,66,73)(H,67,74)(H,68,75)(H,69,76). The van der Waals surface area contributed by atoms with Crippen LogP contribution in [0.2, 0.25) is 0 Å². The summed E-state index contributed by atoms with van der Waals surface area (Å²) < 4.78 is 116. The number of likely N-dealkylation sites (tertiary alicyclic amines) is 2. The Kier molecular flexibility index (Phi) is 23.2. The van der Waals surface area contributed by atoms with Crippen molar-refractivity contribution in [3.05, 3.63) is 71.3 Å². The van der Waals surface area contributed by atoms with Crippen LogP contribution in [0.15, 0.2) is 59.7 Å². The van der Waals surface area contributed by atoms with Gasteiger partial charge in [0.25, 0.3) is 11.8 Å². The van der Waals surface area contributed by atoms with Crippen molar-refractivity contribution in [3.63, 3.8) is 0 Å². The van der Waals surface area contributed by atoms with E-state index in [1.54, 1.807) is 71.9 Å². The van der Waals surface area contributed by atoms with Crippen molar-refractivity contribution in [2.75, 3.05) is 60.5 Å². The maximum Gasteiger partial charge on any atom is 0.416 e. The maximum absolute atomic E-state index is 14.7. The predicted octanol–water partition coefficient (Wildman–Crippen LogP) is 9.99. The number of rotatable bonds is 24. The number of carbonyl (C=O) groups excluding carboxylic acids is 7. The number of halogens is 6. The highest BCUT2D eigenvalue weighted by atomic mass is 19.4. The van der Waals surface area contributed by atoms with E-state index in [-0.39, 0.29) is 90.8 Å². The summed E-state index contributed by atoms with van der Waals surface area (Å²) >= 11 is 0. The Labute approximate surface area is 480 Å². The molecule has 0 radical (unpaired) electrons. The van der Waals surface area contributed by atoms with Crippen LogP contribution in [-0.4, -0.2) is 126 Å². The smallest absolute Gasteiger partial charge is 0.416 e. The first kappa shape index (κ1) is 66.6. The van der Waals surface area contributed by atoms with E-state index in [2.05, 4.69) is 31.7 Å². The Bertz CT molecular complexity index is 2860. The minimum Gasteiger partial charge on any atom is -0.484 e. The first-order valence-corrected chi connectivity index (χ1v) is 26.9. The molecule has 2 fully saturated rings. The number of nitrogens with zero attached hydrogens (tertiary/aromatic N) is 3. The molecule has 0 spiro atoms. The van der Waals surface area contributed by atoms with Crippen molar-refractivity contribution in [2.24, 2.45) is 10.8 Å². The summed E-state index contributed by atoms with van der Waals surface area (Å²) in [6.07, 6.45) is -14.7. The number of amides is 7. The fourth-order valence-electron chi connectivity index (χ4n) is 8.30. The van der Waals surface area contributed by atoms with Crippen LogP contribution in [0.3, 0.4) is 0 Å². The van der Waals surface area contributed by atoms with Gasteiger partial charge in [0.1, 0.15) is 30.0 Å². The highest BCUT2D eigenvalue weighted by molar-refractivity contribution is 6.42. The highest BCUT2D eigenvalue weighted by Gasteiger charge is 2.39. The van der Waals surface area contributed by atoms with Gasteiger partial charge in [-0.2, -0.15) is 31.5 Å². The lowest BCUT2D eigenvalue weighted by atomic mass is 10.1. The first-order chi connectivity index (χ1) is 39.3. The average Bonchev–Trinajstić information content (AvgIpc) is 2.06. The maximum atomic E-state index is 14.7. The topological polar surface area (TPSA) is 318 Å². The van der Waals surface area contributed by atoms with Crippen LogP contribution in [0.25, 0.3) is 0 Å². The Morgan fingerprint density at radius 3 is 1.56 bits per heavy atom. The molecule has 84 heavy (non-hydrogen) atoms. The Morgan fingerprint density at radius 1 is 0.667 bits per heavy atom. The second kappa shape index (κ2) is 29.3. The number of alkyl carbamates (subject to hydrolysis) is 1. The summed E-state index contributed by atoms with van der Waals surface area (Å²) in [5, 5.41) is 23.6. The van der Waals surface area contributed by atoms with Crippen LogP contribution in [0, 0.1) is 10.9 Å². The number of carbonyl (C=O) groups is 7. The summed E-state index contributed by atoms with van der Waals surface area (Å²) in [6, 6.07) is 8.84. The number of anilines is 4. The summed E-state index contributed by atoms with van der Waals surface area (Å²) in [5.74, 6) is -5.46. The van der Waals surface area contributed by atoms with Crippen LogP contribution in [0.5, 0.6) is 11.5 Å². The highest BCUT2D eigenvalue weighted by Crippen LogP contribution is 2.44. The molecule has 7 amide bonds. The quantitative estimate of drug-likeness (QED) is 0.0136. The number of hydrogen-bond donors (Lipinski definition) is 8. The van der Waals surface area contributed by atoms with Gasteiger partial charge in [0.15, 0.2) is 17.5 Å². The van der Waals surface area contributed by atoms with E-state index in [0.29, 0.717) is 30.7 Å². The van der Waals surface area contributed by atoms with Crippen LogP contribution in [0.4, 0.5) is 63.5 Å². The molecule has 3 aromatic carbocycles. The van der Waals surface area contributed by atoms with E-state index < -0.39 is 141 Å². The molecule has 29 heteroatoms. The van der Waals surface area contributed by atoms with Gasteiger partial charge in [-0.3, -0.25) is 24.6 Å². The van der Waals surface area contributed by atoms with E-state index >= 15 is 0 Å². The zero-order valence-corrected chi connectivity index (χ0v) is 47.3. The van der Waals surface area contributed by atoms with E-state index in [4.69, 9.17) is 40.4 Å². The number of hydrogen-bond acceptors (Lipinski definition) is 16. The van der Waals surface area contributed by atoms with E-state index in [1.807, 2.05) is 0 Å². The fraction of sp³-hybridized carbons (Fsp3) is 0.527. The predicted molar refractivity (Wildman–Crippen MR) is 294 cm³/mol. The summed E-state index contributed by atoms with van der Waals surface area (Å²) in [6.45, 7) is 9.98. The third-order valence-electron chi connectivity index (χ3n) is 12.3. The normalized spacial score (nSPS) is 15.7. The van der Waals surface area contributed by atoms with Gasteiger partial charge in [0.2, 0.25) is 11.8 Å². The molecule has 9 N–H and O–H groups in total. The van der Waals surface area contributed by atoms with Gasteiger partial charge in [-0.15, -0.1) is 0 Å². The van der Waals surface area contributed by atoms with Gasteiger partial charge in [-0.25, -0.2) is 19.9 Å². The van der Waals surface area contributed by atoms with Crippen LogP contribution in [0.1, 0.15) is 116 Å². The Hall–Kier alpha value is -8.24. The second-order valence-corrected chi connectivity index (χ2v) is 21.8. The van der Waals surface area contributed by atoms with E-state index in [0.717, 1.165) is 5.56 Å². The Morgan fingerprint density at radius 2 is 1.12 bits per heavy atom. The van der Waals surface area contributed by atoms with Crippen molar-refractivity contribution in [2.45, 2.75) is 148 Å². The molecule has 3 unspecified atom stereocenters. The number of ether oxygens (including phenoxy) is 5. The van der Waals surface area contributed by atoms with Gasteiger partial charge in [-0.1, -0.05) is 30.3 Å². The molecule has 0 saturated carbocycles. The fourth-order valence-corrected chi connectivity index (χ4v) is 8.30. The largest absolute Gasteiger partial charge is 0.484 e. The van der Waals surface area contributed by atoms with Gasteiger partial charge >= 0.3 is 30.6 Å².